The third-order valence-corrected chi connectivity index (χ3v) is 6.09. The van der Waals surface area contributed by atoms with Gasteiger partial charge in [0.25, 0.3) is 0 Å². The Kier molecular flexibility index (Phi) is 6.48. The number of likely N-dealkylation sites (tertiary alicyclic amines) is 1. The Labute approximate surface area is 158 Å². The fourth-order valence-electron chi connectivity index (χ4n) is 3.80. The fourth-order valence-corrected chi connectivity index (χ4v) is 4.91. The zero-order valence-electron chi connectivity index (χ0n) is 13.4. The Morgan fingerprint density at radius 3 is 2.71 bits per heavy atom. The molecule has 1 saturated heterocycles. The molecule has 2 N–H and O–H groups in total. The van der Waals surface area contributed by atoms with Gasteiger partial charge in [-0.05, 0) is 44.2 Å². The number of nitrogens with two attached hydrogens (primary N) is 1. The van der Waals surface area contributed by atoms with Crippen LogP contribution in [0.4, 0.5) is 0 Å². The van der Waals surface area contributed by atoms with Crippen LogP contribution in [0.25, 0.3) is 10.2 Å². The molecule has 0 spiro atoms. The number of para-hydroxylation sites is 1. The molecular weight excluding hydrogens is 365 g/mol. The molecule has 1 aliphatic heterocycles. The van der Waals surface area contributed by atoms with E-state index < -0.39 is 0 Å². The Morgan fingerprint density at radius 1 is 1.21 bits per heavy atom. The molecule has 1 aliphatic carbocycles. The van der Waals surface area contributed by atoms with Crippen molar-refractivity contribution in [3.8, 4) is 0 Å². The highest BCUT2D eigenvalue weighted by Gasteiger charge is 2.37. The van der Waals surface area contributed by atoms with Crippen LogP contribution in [0, 0.1) is 5.92 Å². The average Bonchev–Trinajstić information content (AvgIpc) is 3.24. The van der Waals surface area contributed by atoms with Crippen LogP contribution in [0.3, 0.4) is 0 Å². The van der Waals surface area contributed by atoms with E-state index in [2.05, 4.69) is 11.0 Å². The molecule has 2 heterocycles. The number of hydrogen-bond donors (Lipinski definition) is 1. The summed E-state index contributed by atoms with van der Waals surface area (Å²) in [5.74, 6) is 0.430. The van der Waals surface area contributed by atoms with Gasteiger partial charge in [0.2, 0.25) is 5.91 Å². The van der Waals surface area contributed by atoms with E-state index in [1.54, 1.807) is 11.3 Å². The molecule has 24 heavy (non-hydrogen) atoms. The van der Waals surface area contributed by atoms with Crippen LogP contribution in [0.1, 0.15) is 43.2 Å². The summed E-state index contributed by atoms with van der Waals surface area (Å²) in [6.07, 6.45) is 4.89. The lowest BCUT2D eigenvalue weighted by Crippen LogP contribution is -2.35. The minimum Gasteiger partial charge on any atom is -0.333 e. The molecule has 7 heteroatoms. The quantitative estimate of drug-likeness (QED) is 0.848. The third kappa shape index (κ3) is 3.54. The van der Waals surface area contributed by atoms with Crippen molar-refractivity contribution in [1.82, 2.24) is 9.88 Å². The number of halogens is 2. The normalized spacial score (nSPS) is 26.2. The first-order valence-electron chi connectivity index (χ1n) is 8.14. The van der Waals surface area contributed by atoms with Crippen LogP contribution >= 0.6 is 36.2 Å². The van der Waals surface area contributed by atoms with Crippen molar-refractivity contribution in [2.45, 2.75) is 44.2 Å². The van der Waals surface area contributed by atoms with Gasteiger partial charge in [-0.15, -0.1) is 36.2 Å². The number of benzene rings is 1. The molecule has 0 radical (unpaired) electrons. The van der Waals surface area contributed by atoms with E-state index in [-0.39, 0.29) is 42.8 Å². The molecule has 3 atom stereocenters. The van der Waals surface area contributed by atoms with Crippen molar-refractivity contribution >= 4 is 52.3 Å². The standard InChI is InChI=1S/C17H21N3OS.2ClH/c18-12-8-7-11(10-12)17(21)20-9-3-5-14(20)16-19-13-4-1-2-6-15(13)22-16;;/h1-2,4,6,11-12,14H,3,5,7-10,18H2;2*1H. The van der Waals surface area contributed by atoms with Crippen LogP contribution in [0.5, 0.6) is 0 Å². The molecule has 1 aromatic carbocycles. The Hall–Kier alpha value is -0.880. The largest absolute Gasteiger partial charge is 0.333 e. The van der Waals surface area contributed by atoms with E-state index in [0.717, 1.165) is 49.2 Å². The highest BCUT2D eigenvalue weighted by atomic mass is 35.5. The maximum absolute atomic E-state index is 12.8. The Balaban J connectivity index is 0.00000104. The van der Waals surface area contributed by atoms with E-state index in [4.69, 9.17) is 10.7 Å². The molecule has 1 amide bonds. The first-order valence-corrected chi connectivity index (χ1v) is 8.95. The van der Waals surface area contributed by atoms with E-state index in [1.165, 1.54) is 4.70 Å². The molecule has 132 valence electrons. The van der Waals surface area contributed by atoms with Crippen LogP contribution in [-0.2, 0) is 4.79 Å². The molecule has 1 saturated carbocycles. The van der Waals surface area contributed by atoms with Gasteiger partial charge in [-0.2, -0.15) is 0 Å². The van der Waals surface area contributed by atoms with Gasteiger partial charge in [-0.1, -0.05) is 12.1 Å². The Bertz CT molecular complexity index is 675. The van der Waals surface area contributed by atoms with Crippen molar-refractivity contribution < 1.29 is 4.79 Å². The number of carbonyl (C=O) groups excluding carboxylic acids is 1. The third-order valence-electron chi connectivity index (χ3n) is 4.95. The minimum atomic E-state index is 0. The molecule has 2 fully saturated rings. The number of aromatic nitrogens is 1. The Morgan fingerprint density at radius 2 is 2.00 bits per heavy atom. The van der Waals surface area contributed by atoms with Gasteiger partial charge >= 0.3 is 0 Å². The molecule has 2 aliphatic rings. The maximum Gasteiger partial charge on any atom is 0.226 e. The number of thiazole rings is 1. The van der Waals surface area contributed by atoms with Gasteiger partial charge in [0, 0.05) is 18.5 Å². The second-order valence-electron chi connectivity index (χ2n) is 6.48. The zero-order valence-corrected chi connectivity index (χ0v) is 15.8. The van der Waals surface area contributed by atoms with E-state index >= 15 is 0 Å². The monoisotopic (exact) mass is 387 g/mol. The number of carbonyl (C=O) groups is 1. The van der Waals surface area contributed by atoms with Crippen LogP contribution in [-0.4, -0.2) is 28.4 Å². The zero-order chi connectivity index (χ0) is 15.1. The van der Waals surface area contributed by atoms with Crippen molar-refractivity contribution in [2.75, 3.05) is 6.54 Å². The molecule has 4 rings (SSSR count). The summed E-state index contributed by atoms with van der Waals surface area (Å²) in [5, 5.41) is 1.09. The van der Waals surface area contributed by atoms with Gasteiger partial charge < -0.3 is 10.6 Å². The lowest BCUT2D eigenvalue weighted by Gasteiger charge is -2.26. The molecule has 2 aromatic rings. The molecule has 1 aromatic heterocycles. The van der Waals surface area contributed by atoms with Crippen LogP contribution in [0.2, 0.25) is 0 Å². The van der Waals surface area contributed by atoms with Crippen molar-refractivity contribution in [3.05, 3.63) is 29.3 Å². The second-order valence-corrected chi connectivity index (χ2v) is 7.54. The SMILES string of the molecule is Cl.Cl.NC1CCC(C(=O)N2CCCC2c2nc3ccccc3s2)C1. The summed E-state index contributed by atoms with van der Waals surface area (Å²) < 4.78 is 1.21. The summed E-state index contributed by atoms with van der Waals surface area (Å²) in [5.41, 5.74) is 7.02. The minimum absolute atomic E-state index is 0. The average molecular weight is 388 g/mol. The van der Waals surface area contributed by atoms with Crippen molar-refractivity contribution in [1.29, 1.82) is 0 Å². The number of nitrogens with zero attached hydrogens (tertiary/aromatic N) is 2. The van der Waals surface area contributed by atoms with Crippen LogP contribution in [0.15, 0.2) is 24.3 Å². The highest BCUT2D eigenvalue weighted by molar-refractivity contribution is 7.18. The molecule has 4 nitrogen and oxygen atoms in total. The topological polar surface area (TPSA) is 59.2 Å². The molecule has 3 unspecified atom stereocenters. The summed E-state index contributed by atoms with van der Waals surface area (Å²) >= 11 is 1.73. The first kappa shape index (κ1) is 19.4. The predicted octanol–water partition coefficient (Wildman–Crippen LogP) is 3.93. The number of hydrogen-bond acceptors (Lipinski definition) is 4. The number of fused-ring (bicyclic) bond motifs is 1. The number of rotatable bonds is 2. The van der Waals surface area contributed by atoms with Crippen molar-refractivity contribution in [3.63, 3.8) is 0 Å². The lowest BCUT2D eigenvalue weighted by molar-refractivity contribution is -0.136. The van der Waals surface area contributed by atoms with E-state index in [0.29, 0.717) is 5.91 Å². The van der Waals surface area contributed by atoms with Gasteiger partial charge in [-0.25, -0.2) is 4.98 Å². The smallest absolute Gasteiger partial charge is 0.226 e. The van der Waals surface area contributed by atoms with Crippen molar-refractivity contribution in [2.24, 2.45) is 11.7 Å². The summed E-state index contributed by atoms with van der Waals surface area (Å²) in [7, 11) is 0. The van der Waals surface area contributed by atoms with E-state index in [9.17, 15) is 4.79 Å². The second kappa shape index (κ2) is 8.00. The van der Waals surface area contributed by atoms with E-state index in [1.807, 2.05) is 18.2 Å². The van der Waals surface area contributed by atoms with Crippen LogP contribution < -0.4 is 5.73 Å². The molecule has 0 bridgehead atoms. The van der Waals surface area contributed by atoms with Gasteiger partial charge in [-0.3, -0.25) is 4.79 Å². The first-order chi connectivity index (χ1) is 10.7. The highest BCUT2D eigenvalue weighted by Crippen LogP contribution is 2.38. The number of amides is 1. The predicted molar refractivity (Wildman–Crippen MR) is 103 cm³/mol. The lowest BCUT2D eigenvalue weighted by atomic mass is 10.1. The van der Waals surface area contributed by atoms with Gasteiger partial charge in [0.1, 0.15) is 5.01 Å². The van der Waals surface area contributed by atoms with Gasteiger partial charge in [0.05, 0.1) is 16.3 Å². The molecular formula is C17H23Cl2N3OS. The fraction of sp³-hybridized carbons (Fsp3) is 0.529. The summed E-state index contributed by atoms with van der Waals surface area (Å²) in [4.78, 5) is 19.7. The summed E-state index contributed by atoms with van der Waals surface area (Å²) in [6.45, 7) is 0.866. The maximum atomic E-state index is 12.8. The van der Waals surface area contributed by atoms with Gasteiger partial charge in [0.15, 0.2) is 0 Å². The summed E-state index contributed by atoms with van der Waals surface area (Å²) in [6, 6.07) is 8.59.